The zero-order chi connectivity index (χ0) is 15.5. The van der Waals surface area contributed by atoms with E-state index >= 15 is 0 Å². The molecule has 110 valence electrons. The van der Waals surface area contributed by atoms with E-state index in [0.29, 0.717) is 11.4 Å². The predicted molar refractivity (Wildman–Crippen MR) is 85.8 cm³/mol. The van der Waals surface area contributed by atoms with Gasteiger partial charge in [-0.3, -0.25) is 4.79 Å². The van der Waals surface area contributed by atoms with E-state index < -0.39 is 5.41 Å². The van der Waals surface area contributed by atoms with Gasteiger partial charge in [-0.05, 0) is 36.8 Å². The zero-order valence-corrected chi connectivity index (χ0v) is 12.9. The molecule has 0 aliphatic carbocycles. The van der Waals surface area contributed by atoms with Crippen molar-refractivity contribution in [2.24, 2.45) is 5.41 Å². The number of nitrogens with one attached hydrogen (secondary N) is 1. The van der Waals surface area contributed by atoms with Crippen LogP contribution in [-0.4, -0.2) is 5.91 Å². The average molecular weight is 283 g/mol. The third kappa shape index (κ3) is 4.09. The van der Waals surface area contributed by atoms with Gasteiger partial charge in [0.2, 0.25) is 5.91 Å². The van der Waals surface area contributed by atoms with Gasteiger partial charge >= 0.3 is 0 Å². The van der Waals surface area contributed by atoms with Crippen LogP contribution in [0.4, 0.5) is 5.69 Å². The Kier molecular flexibility index (Phi) is 4.32. The molecule has 2 aromatic carbocycles. The molecule has 0 bridgehead atoms. The Hall–Kier alpha value is -2.29. The minimum atomic E-state index is -0.448. The Morgan fingerprint density at radius 2 is 1.76 bits per heavy atom. The van der Waals surface area contributed by atoms with E-state index in [1.807, 2.05) is 76.2 Å². The van der Waals surface area contributed by atoms with Crippen molar-refractivity contribution >= 4 is 11.6 Å². The van der Waals surface area contributed by atoms with Crippen LogP contribution in [0.25, 0.3) is 0 Å². The van der Waals surface area contributed by atoms with E-state index in [1.54, 1.807) is 0 Å². The van der Waals surface area contributed by atoms with Gasteiger partial charge in [0.05, 0.1) is 5.69 Å². The summed E-state index contributed by atoms with van der Waals surface area (Å²) < 4.78 is 5.89. The first-order valence-corrected chi connectivity index (χ1v) is 7.01. The first-order valence-electron chi connectivity index (χ1n) is 7.01. The van der Waals surface area contributed by atoms with Crippen LogP contribution in [0.5, 0.6) is 11.5 Å². The van der Waals surface area contributed by atoms with Crippen LogP contribution in [0.2, 0.25) is 0 Å². The minimum Gasteiger partial charge on any atom is -0.455 e. The molecular formula is C18H21NO2. The van der Waals surface area contributed by atoms with Crippen molar-refractivity contribution in [1.29, 1.82) is 0 Å². The van der Waals surface area contributed by atoms with Crippen molar-refractivity contribution in [3.8, 4) is 11.5 Å². The molecule has 0 saturated carbocycles. The van der Waals surface area contributed by atoms with Gasteiger partial charge in [-0.15, -0.1) is 0 Å². The molecule has 0 aromatic heterocycles. The maximum atomic E-state index is 12.1. The van der Waals surface area contributed by atoms with Crippen molar-refractivity contribution in [2.75, 3.05) is 5.32 Å². The number of carbonyl (C=O) groups excluding carboxylic acids is 1. The molecule has 2 rings (SSSR count). The highest BCUT2D eigenvalue weighted by atomic mass is 16.5. The largest absolute Gasteiger partial charge is 0.455 e. The fourth-order valence-corrected chi connectivity index (χ4v) is 1.77. The van der Waals surface area contributed by atoms with Crippen molar-refractivity contribution in [3.63, 3.8) is 0 Å². The number of aryl methyl sites for hydroxylation is 1. The molecule has 0 saturated heterocycles. The van der Waals surface area contributed by atoms with E-state index in [9.17, 15) is 4.79 Å². The third-order valence-corrected chi connectivity index (χ3v) is 3.03. The number of hydrogen-bond donors (Lipinski definition) is 1. The van der Waals surface area contributed by atoms with Crippen LogP contribution < -0.4 is 10.1 Å². The SMILES string of the molecule is Cc1cccc(Oc2ccccc2NC(=O)C(C)(C)C)c1. The van der Waals surface area contributed by atoms with E-state index in [0.717, 1.165) is 11.3 Å². The average Bonchev–Trinajstić information content (AvgIpc) is 2.40. The second-order valence-corrected chi connectivity index (χ2v) is 6.12. The maximum absolute atomic E-state index is 12.1. The molecule has 0 fully saturated rings. The van der Waals surface area contributed by atoms with Gasteiger partial charge < -0.3 is 10.1 Å². The van der Waals surface area contributed by atoms with Crippen molar-refractivity contribution < 1.29 is 9.53 Å². The molecule has 0 atom stereocenters. The van der Waals surface area contributed by atoms with Gasteiger partial charge in [0, 0.05) is 5.41 Å². The summed E-state index contributed by atoms with van der Waals surface area (Å²) in [6.45, 7) is 7.66. The Labute approximate surface area is 126 Å². The highest BCUT2D eigenvalue weighted by Crippen LogP contribution is 2.30. The molecule has 21 heavy (non-hydrogen) atoms. The van der Waals surface area contributed by atoms with Crippen LogP contribution in [-0.2, 0) is 4.79 Å². The van der Waals surface area contributed by atoms with Crippen LogP contribution >= 0.6 is 0 Å². The fraction of sp³-hybridized carbons (Fsp3) is 0.278. The molecule has 1 amide bonds. The summed E-state index contributed by atoms with van der Waals surface area (Å²) in [4.78, 5) is 12.1. The lowest BCUT2D eigenvalue weighted by Crippen LogP contribution is -2.27. The van der Waals surface area contributed by atoms with Gasteiger partial charge in [-0.2, -0.15) is 0 Å². The van der Waals surface area contributed by atoms with E-state index in [4.69, 9.17) is 4.74 Å². The Morgan fingerprint density at radius 1 is 1.05 bits per heavy atom. The number of anilines is 1. The molecule has 3 nitrogen and oxygen atoms in total. The first-order chi connectivity index (χ1) is 9.86. The maximum Gasteiger partial charge on any atom is 0.229 e. The van der Waals surface area contributed by atoms with E-state index in [1.165, 1.54) is 0 Å². The number of carbonyl (C=O) groups is 1. The molecule has 3 heteroatoms. The van der Waals surface area contributed by atoms with Gasteiger partial charge in [0.25, 0.3) is 0 Å². The van der Waals surface area contributed by atoms with Crippen molar-refractivity contribution in [2.45, 2.75) is 27.7 Å². The van der Waals surface area contributed by atoms with Crippen LogP contribution in [0, 0.1) is 12.3 Å². The number of para-hydroxylation sites is 2. The summed E-state index contributed by atoms with van der Waals surface area (Å²) in [6.07, 6.45) is 0. The smallest absolute Gasteiger partial charge is 0.229 e. The normalized spacial score (nSPS) is 11.0. The molecule has 0 unspecified atom stereocenters. The number of hydrogen-bond acceptors (Lipinski definition) is 2. The lowest BCUT2D eigenvalue weighted by atomic mass is 9.95. The quantitative estimate of drug-likeness (QED) is 0.881. The zero-order valence-electron chi connectivity index (χ0n) is 12.9. The van der Waals surface area contributed by atoms with Gasteiger partial charge in [-0.1, -0.05) is 45.0 Å². The minimum absolute atomic E-state index is 0.0391. The van der Waals surface area contributed by atoms with Crippen LogP contribution in [0.1, 0.15) is 26.3 Å². The second-order valence-electron chi connectivity index (χ2n) is 6.12. The van der Waals surface area contributed by atoms with Crippen LogP contribution in [0.15, 0.2) is 48.5 Å². The summed E-state index contributed by atoms with van der Waals surface area (Å²) in [7, 11) is 0. The molecule has 0 aliphatic heterocycles. The Morgan fingerprint density at radius 3 is 2.43 bits per heavy atom. The molecule has 1 N–H and O–H groups in total. The third-order valence-electron chi connectivity index (χ3n) is 3.03. The molecular weight excluding hydrogens is 262 g/mol. The number of amides is 1. The summed E-state index contributed by atoms with van der Waals surface area (Å²) in [5, 5.41) is 2.92. The molecule has 0 spiro atoms. The van der Waals surface area contributed by atoms with Gasteiger partial charge in [0.15, 0.2) is 5.75 Å². The first kappa shape index (κ1) is 15.1. The van der Waals surface area contributed by atoms with E-state index in [2.05, 4.69) is 5.32 Å². The van der Waals surface area contributed by atoms with Crippen LogP contribution in [0.3, 0.4) is 0 Å². The number of ether oxygens (including phenoxy) is 1. The number of rotatable bonds is 3. The Bertz CT molecular complexity index is 642. The summed E-state index contributed by atoms with van der Waals surface area (Å²) >= 11 is 0. The number of benzene rings is 2. The molecule has 0 heterocycles. The highest BCUT2D eigenvalue weighted by molar-refractivity contribution is 5.95. The second kappa shape index (κ2) is 6.00. The summed E-state index contributed by atoms with van der Waals surface area (Å²) in [6, 6.07) is 15.3. The van der Waals surface area contributed by atoms with Gasteiger partial charge in [-0.25, -0.2) is 0 Å². The van der Waals surface area contributed by atoms with Crippen molar-refractivity contribution in [1.82, 2.24) is 0 Å². The highest BCUT2D eigenvalue weighted by Gasteiger charge is 2.22. The van der Waals surface area contributed by atoms with Crippen molar-refractivity contribution in [3.05, 3.63) is 54.1 Å². The monoisotopic (exact) mass is 283 g/mol. The Balaban J connectivity index is 2.23. The lowest BCUT2D eigenvalue weighted by molar-refractivity contribution is -0.123. The summed E-state index contributed by atoms with van der Waals surface area (Å²) in [5.41, 5.74) is 1.36. The molecule has 0 radical (unpaired) electrons. The standard InChI is InChI=1S/C18H21NO2/c1-13-8-7-9-14(12-13)21-16-11-6-5-10-15(16)19-17(20)18(2,3)4/h5-12H,1-4H3,(H,19,20). The van der Waals surface area contributed by atoms with Gasteiger partial charge in [0.1, 0.15) is 5.75 Å². The summed E-state index contributed by atoms with van der Waals surface area (Å²) in [5.74, 6) is 1.36. The predicted octanol–water partition coefficient (Wildman–Crippen LogP) is 4.77. The lowest BCUT2D eigenvalue weighted by Gasteiger charge is -2.19. The molecule has 0 aliphatic rings. The molecule has 2 aromatic rings. The topological polar surface area (TPSA) is 38.3 Å². The fourth-order valence-electron chi connectivity index (χ4n) is 1.77. The van der Waals surface area contributed by atoms with E-state index in [-0.39, 0.29) is 5.91 Å².